The number of carbonyl (C=O) groups is 2. The van der Waals surface area contributed by atoms with Gasteiger partial charge in [0.05, 0.1) is 30.9 Å². The molecule has 1 saturated carbocycles. The van der Waals surface area contributed by atoms with Gasteiger partial charge in [-0.3, -0.25) is 14.5 Å². The van der Waals surface area contributed by atoms with Gasteiger partial charge in [-0.1, -0.05) is 18.2 Å². The molecule has 0 bridgehead atoms. The SMILES string of the molecule is COc1cccc(C2(O)CCC(N3CC(NC(=O)CNC(=O)c4cccc(C(F)(F)F)c4)C3)CC2)c1. The summed E-state index contributed by atoms with van der Waals surface area (Å²) in [6.07, 6.45) is -1.60. The number of rotatable bonds is 7. The Labute approximate surface area is 207 Å². The fourth-order valence-electron chi connectivity index (χ4n) is 4.93. The molecule has 2 fully saturated rings. The second kappa shape index (κ2) is 10.5. The van der Waals surface area contributed by atoms with Crippen molar-refractivity contribution in [2.24, 2.45) is 0 Å². The van der Waals surface area contributed by atoms with Crippen molar-refractivity contribution >= 4 is 11.8 Å². The minimum absolute atomic E-state index is 0.0536. The average Bonchev–Trinajstić information content (AvgIpc) is 2.85. The first-order valence-electron chi connectivity index (χ1n) is 11.9. The molecule has 4 rings (SSSR count). The molecule has 0 atom stereocenters. The third kappa shape index (κ3) is 5.99. The Hall–Kier alpha value is -3.11. The maximum Gasteiger partial charge on any atom is 0.416 e. The van der Waals surface area contributed by atoms with Crippen LogP contribution >= 0.6 is 0 Å². The van der Waals surface area contributed by atoms with Crippen molar-refractivity contribution in [1.29, 1.82) is 0 Å². The summed E-state index contributed by atoms with van der Waals surface area (Å²) in [5.74, 6) is -0.413. The van der Waals surface area contributed by atoms with Gasteiger partial charge < -0.3 is 20.5 Å². The van der Waals surface area contributed by atoms with Crippen molar-refractivity contribution < 1.29 is 32.6 Å². The number of hydrogen-bond donors (Lipinski definition) is 3. The second-order valence-corrected chi connectivity index (χ2v) is 9.47. The van der Waals surface area contributed by atoms with Gasteiger partial charge in [-0.05, 0) is 61.6 Å². The third-order valence-electron chi connectivity index (χ3n) is 7.04. The molecule has 0 radical (unpaired) electrons. The number of alkyl halides is 3. The molecule has 0 spiro atoms. The van der Waals surface area contributed by atoms with E-state index in [2.05, 4.69) is 15.5 Å². The number of aliphatic hydroxyl groups is 1. The quantitative estimate of drug-likeness (QED) is 0.538. The zero-order valence-electron chi connectivity index (χ0n) is 20.0. The van der Waals surface area contributed by atoms with E-state index in [-0.39, 0.29) is 18.2 Å². The van der Waals surface area contributed by atoms with E-state index >= 15 is 0 Å². The lowest BCUT2D eigenvalue weighted by molar-refractivity contribution is -0.137. The summed E-state index contributed by atoms with van der Waals surface area (Å²) >= 11 is 0. The molecule has 194 valence electrons. The highest BCUT2D eigenvalue weighted by atomic mass is 19.4. The number of methoxy groups -OCH3 is 1. The predicted octanol–water partition coefficient (Wildman–Crippen LogP) is 3.07. The monoisotopic (exact) mass is 505 g/mol. The number of halogens is 3. The lowest BCUT2D eigenvalue weighted by Gasteiger charge is -2.48. The van der Waals surface area contributed by atoms with E-state index in [0.717, 1.165) is 42.4 Å². The van der Waals surface area contributed by atoms with Crippen LogP contribution in [0.1, 0.15) is 47.2 Å². The Balaban J connectivity index is 1.18. The Morgan fingerprint density at radius 2 is 1.81 bits per heavy atom. The van der Waals surface area contributed by atoms with E-state index < -0.39 is 29.2 Å². The lowest BCUT2D eigenvalue weighted by Crippen LogP contribution is -2.63. The van der Waals surface area contributed by atoms with Gasteiger partial charge in [-0.15, -0.1) is 0 Å². The summed E-state index contributed by atoms with van der Waals surface area (Å²) in [4.78, 5) is 26.6. The zero-order chi connectivity index (χ0) is 25.9. The highest BCUT2D eigenvalue weighted by molar-refractivity contribution is 5.96. The number of amides is 2. The van der Waals surface area contributed by atoms with Crippen LogP contribution < -0.4 is 15.4 Å². The van der Waals surface area contributed by atoms with E-state index in [4.69, 9.17) is 4.74 Å². The van der Waals surface area contributed by atoms with Crippen molar-refractivity contribution in [3.05, 3.63) is 65.2 Å². The molecule has 2 aliphatic rings. The van der Waals surface area contributed by atoms with Crippen LogP contribution in [0.5, 0.6) is 5.75 Å². The van der Waals surface area contributed by atoms with E-state index in [1.54, 1.807) is 7.11 Å². The molecule has 3 N–H and O–H groups in total. The first-order valence-corrected chi connectivity index (χ1v) is 11.9. The van der Waals surface area contributed by atoms with E-state index in [0.29, 0.717) is 32.0 Å². The van der Waals surface area contributed by atoms with Gasteiger partial charge in [0.15, 0.2) is 0 Å². The molecule has 10 heteroatoms. The summed E-state index contributed by atoms with van der Waals surface area (Å²) in [5, 5.41) is 16.4. The molecule has 2 aromatic rings. The highest BCUT2D eigenvalue weighted by Crippen LogP contribution is 2.40. The van der Waals surface area contributed by atoms with Crippen LogP contribution in [0.3, 0.4) is 0 Å². The van der Waals surface area contributed by atoms with Crippen LogP contribution in [0, 0.1) is 0 Å². The first-order chi connectivity index (χ1) is 17.1. The second-order valence-electron chi connectivity index (χ2n) is 9.47. The van der Waals surface area contributed by atoms with Crippen LogP contribution in [0.25, 0.3) is 0 Å². The summed E-state index contributed by atoms with van der Waals surface area (Å²) in [7, 11) is 1.60. The van der Waals surface area contributed by atoms with Gasteiger partial charge in [0, 0.05) is 24.7 Å². The largest absolute Gasteiger partial charge is 0.497 e. The van der Waals surface area contributed by atoms with E-state index in [1.165, 1.54) is 6.07 Å². The Kier molecular flexibility index (Phi) is 7.56. The molecule has 7 nitrogen and oxygen atoms in total. The summed E-state index contributed by atoms with van der Waals surface area (Å²) in [5.41, 5.74) is -1.08. The molecular weight excluding hydrogens is 475 g/mol. The number of nitrogens with one attached hydrogen (secondary N) is 2. The van der Waals surface area contributed by atoms with Crippen LogP contribution in [-0.4, -0.2) is 60.6 Å². The maximum atomic E-state index is 12.8. The molecular formula is C26H30F3N3O4. The smallest absolute Gasteiger partial charge is 0.416 e. The Bertz CT molecular complexity index is 1090. The van der Waals surface area contributed by atoms with Crippen molar-refractivity contribution in [1.82, 2.24) is 15.5 Å². The normalized spacial score (nSPS) is 23.0. The van der Waals surface area contributed by atoms with Gasteiger partial charge >= 0.3 is 6.18 Å². The van der Waals surface area contributed by atoms with Gasteiger partial charge in [-0.25, -0.2) is 0 Å². The number of carbonyl (C=O) groups excluding carboxylic acids is 2. The molecule has 1 saturated heterocycles. The van der Waals surface area contributed by atoms with Gasteiger partial charge in [0.25, 0.3) is 5.91 Å². The number of likely N-dealkylation sites (tertiary alicyclic amines) is 1. The van der Waals surface area contributed by atoms with E-state index in [1.807, 2.05) is 24.3 Å². The summed E-state index contributed by atoms with van der Waals surface area (Å²) in [6.45, 7) is 1.04. The van der Waals surface area contributed by atoms with Gasteiger partial charge in [0.1, 0.15) is 5.75 Å². The van der Waals surface area contributed by atoms with E-state index in [9.17, 15) is 27.9 Å². The van der Waals surface area contributed by atoms with Crippen LogP contribution in [0.4, 0.5) is 13.2 Å². The van der Waals surface area contributed by atoms with Crippen molar-refractivity contribution in [2.45, 2.75) is 49.5 Å². The van der Waals surface area contributed by atoms with Crippen molar-refractivity contribution in [3.8, 4) is 5.75 Å². The molecule has 2 amide bonds. The molecule has 36 heavy (non-hydrogen) atoms. The first kappa shape index (κ1) is 26.0. The molecule has 1 aliphatic heterocycles. The number of nitrogens with zero attached hydrogens (tertiary/aromatic N) is 1. The molecule has 0 unspecified atom stereocenters. The fourth-order valence-corrected chi connectivity index (χ4v) is 4.93. The minimum Gasteiger partial charge on any atom is -0.497 e. The average molecular weight is 506 g/mol. The number of benzene rings is 2. The molecule has 1 heterocycles. The molecule has 0 aromatic heterocycles. The summed E-state index contributed by atoms with van der Waals surface area (Å²) in [6, 6.07) is 11.9. The van der Waals surface area contributed by atoms with Crippen LogP contribution in [0.2, 0.25) is 0 Å². The Morgan fingerprint density at radius 3 is 2.47 bits per heavy atom. The van der Waals surface area contributed by atoms with Crippen LogP contribution in [-0.2, 0) is 16.6 Å². The van der Waals surface area contributed by atoms with Crippen LogP contribution in [0.15, 0.2) is 48.5 Å². The zero-order valence-corrected chi connectivity index (χ0v) is 20.0. The molecule has 1 aliphatic carbocycles. The standard InChI is InChI=1S/C26H30F3N3O4/c1-36-22-7-3-5-18(13-22)25(35)10-8-21(9-11-25)32-15-20(16-32)31-23(33)14-30-24(34)17-4-2-6-19(12-17)26(27,28)29/h2-7,12-13,20-21,35H,8-11,14-16H2,1H3,(H,30,34)(H,31,33). The van der Waals surface area contributed by atoms with Crippen molar-refractivity contribution in [2.75, 3.05) is 26.7 Å². The Morgan fingerprint density at radius 1 is 1.11 bits per heavy atom. The lowest BCUT2D eigenvalue weighted by atomic mass is 9.76. The summed E-state index contributed by atoms with van der Waals surface area (Å²) < 4.78 is 43.8. The maximum absolute atomic E-state index is 12.8. The number of hydrogen-bond acceptors (Lipinski definition) is 5. The number of ether oxygens (including phenoxy) is 1. The topological polar surface area (TPSA) is 90.9 Å². The fraction of sp³-hybridized carbons (Fsp3) is 0.462. The third-order valence-corrected chi connectivity index (χ3v) is 7.04. The van der Waals surface area contributed by atoms with Crippen molar-refractivity contribution in [3.63, 3.8) is 0 Å². The highest BCUT2D eigenvalue weighted by Gasteiger charge is 2.40. The van der Waals surface area contributed by atoms with Gasteiger partial charge in [-0.2, -0.15) is 13.2 Å². The molecule has 2 aromatic carbocycles. The minimum atomic E-state index is -4.55. The predicted molar refractivity (Wildman–Crippen MR) is 126 cm³/mol. The van der Waals surface area contributed by atoms with Gasteiger partial charge in [0.2, 0.25) is 5.91 Å².